The third kappa shape index (κ3) is 6.33. The Balaban J connectivity index is 2.31. The van der Waals surface area contributed by atoms with Crippen molar-refractivity contribution in [3.05, 3.63) is 28.2 Å². The van der Waals surface area contributed by atoms with Crippen LogP contribution in [0.15, 0.2) is 22.7 Å². The number of halogens is 1. The molecule has 0 atom stereocenters. The average Bonchev–Trinajstić information content (AvgIpc) is 2.27. The van der Waals surface area contributed by atoms with Gasteiger partial charge in [0.15, 0.2) is 5.11 Å². The van der Waals surface area contributed by atoms with E-state index in [-0.39, 0.29) is 0 Å². The summed E-state index contributed by atoms with van der Waals surface area (Å²) in [6.45, 7) is 6.39. The van der Waals surface area contributed by atoms with E-state index in [9.17, 15) is 0 Å². The Morgan fingerprint density at radius 2 is 2.17 bits per heavy atom. The lowest BCUT2D eigenvalue weighted by Crippen LogP contribution is -2.29. The van der Waals surface area contributed by atoms with Gasteiger partial charge in [-0.15, -0.1) is 0 Å². The number of nitrogens with one attached hydrogen (secondary N) is 2. The predicted molar refractivity (Wildman–Crippen MR) is 84.2 cm³/mol. The van der Waals surface area contributed by atoms with Crippen molar-refractivity contribution < 1.29 is 4.74 Å². The number of rotatable bonds is 6. The molecule has 0 spiro atoms. The van der Waals surface area contributed by atoms with Crippen molar-refractivity contribution in [1.29, 1.82) is 0 Å². The molecule has 1 rings (SSSR count). The van der Waals surface area contributed by atoms with Crippen molar-refractivity contribution in [2.45, 2.75) is 20.3 Å². The van der Waals surface area contributed by atoms with E-state index in [0.29, 0.717) is 5.11 Å². The third-order valence-corrected chi connectivity index (χ3v) is 2.96. The zero-order valence-corrected chi connectivity index (χ0v) is 13.2. The maximum Gasteiger partial charge on any atom is 0.170 e. The van der Waals surface area contributed by atoms with Crippen LogP contribution in [0.1, 0.15) is 18.9 Å². The second-order valence-electron chi connectivity index (χ2n) is 3.95. The molecule has 18 heavy (non-hydrogen) atoms. The summed E-state index contributed by atoms with van der Waals surface area (Å²) < 4.78 is 6.30. The van der Waals surface area contributed by atoms with Crippen molar-refractivity contribution in [3.8, 4) is 0 Å². The topological polar surface area (TPSA) is 33.3 Å². The summed E-state index contributed by atoms with van der Waals surface area (Å²) in [7, 11) is 0. The van der Waals surface area contributed by atoms with Crippen LogP contribution in [0.2, 0.25) is 0 Å². The van der Waals surface area contributed by atoms with Gasteiger partial charge in [0.05, 0.1) is 0 Å². The monoisotopic (exact) mass is 330 g/mol. The number of thiocarbonyl (C=S) groups is 1. The van der Waals surface area contributed by atoms with Gasteiger partial charge in [0.2, 0.25) is 0 Å². The Morgan fingerprint density at radius 3 is 2.83 bits per heavy atom. The molecule has 0 heterocycles. The zero-order chi connectivity index (χ0) is 13.4. The quantitative estimate of drug-likeness (QED) is 0.618. The van der Waals surface area contributed by atoms with Crippen LogP contribution in [0, 0.1) is 6.92 Å². The zero-order valence-electron chi connectivity index (χ0n) is 10.8. The fourth-order valence-corrected chi connectivity index (χ4v) is 2.33. The first-order valence-electron chi connectivity index (χ1n) is 6.01. The van der Waals surface area contributed by atoms with Crippen molar-refractivity contribution in [2.75, 3.05) is 25.1 Å². The van der Waals surface area contributed by atoms with Crippen LogP contribution in [-0.2, 0) is 4.74 Å². The molecule has 0 saturated heterocycles. The van der Waals surface area contributed by atoms with Crippen molar-refractivity contribution in [3.63, 3.8) is 0 Å². The standard InChI is InChI=1S/C13H19BrN2OS/c1-3-17-6-4-5-15-13(18)16-12-8-10(2)7-11(14)9-12/h7-9H,3-6H2,1-2H3,(H2,15,16,18). The maximum atomic E-state index is 5.26. The normalized spacial score (nSPS) is 10.2. The number of benzene rings is 1. The molecule has 0 aromatic heterocycles. The summed E-state index contributed by atoms with van der Waals surface area (Å²) in [5, 5.41) is 6.96. The highest BCUT2D eigenvalue weighted by Crippen LogP contribution is 2.18. The predicted octanol–water partition coefficient (Wildman–Crippen LogP) is 3.47. The highest BCUT2D eigenvalue weighted by atomic mass is 79.9. The van der Waals surface area contributed by atoms with Gasteiger partial charge in [-0.1, -0.05) is 15.9 Å². The van der Waals surface area contributed by atoms with Gasteiger partial charge in [-0.2, -0.15) is 0 Å². The van der Waals surface area contributed by atoms with E-state index < -0.39 is 0 Å². The molecule has 0 aliphatic rings. The smallest absolute Gasteiger partial charge is 0.170 e. The molecule has 100 valence electrons. The number of hydrogen-bond donors (Lipinski definition) is 2. The molecule has 0 aliphatic carbocycles. The first-order valence-corrected chi connectivity index (χ1v) is 7.21. The lowest BCUT2D eigenvalue weighted by atomic mass is 10.2. The molecule has 0 bridgehead atoms. The van der Waals surface area contributed by atoms with Crippen LogP contribution in [-0.4, -0.2) is 24.9 Å². The molecule has 0 aliphatic heterocycles. The summed E-state index contributed by atoms with van der Waals surface area (Å²) in [5.41, 5.74) is 2.18. The Morgan fingerprint density at radius 1 is 1.39 bits per heavy atom. The Bertz CT molecular complexity index is 378. The fraction of sp³-hybridized carbons (Fsp3) is 0.462. The van der Waals surface area contributed by atoms with Gasteiger partial charge in [-0.3, -0.25) is 0 Å². The van der Waals surface area contributed by atoms with Crippen LogP contribution in [0.4, 0.5) is 5.69 Å². The van der Waals surface area contributed by atoms with Gasteiger partial charge < -0.3 is 15.4 Å². The van der Waals surface area contributed by atoms with Crippen LogP contribution in [0.25, 0.3) is 0 Å². The fourth-order valence-electron chi connectivity index (χ4n) is 1.50. The number of hydrogen-bond acceptors (Lipinski definition) is 2. The van der Waals surface area contributed by atoms with Gasteiger partial charge in [0, 0.05) is 29.9 Å². The molecule has 0 radical (unpaired) electrons. The van der Waals surface area contributed by atoms with Crippen LogP contribution in [0.3, 0.4) is 0 Å². The average molecular weight is 331 g/mol. The van der Waals surface area contributed by atoms with E-state index in [1.54, 1.807) is 0 Å². The molecular formula is C13H19BrN2OS. The lowest BCUT2D eigenvalue weighted by Gasteiger charge is -2.11. The molecule has 0 fully saturated rings. The summed E-state index contributed by atoms with van der Waals surface area (Å²) >= 11 is 8.69. The summed E-state index contributed by atoms with van der Waals surface area (Å²) in [4.78, 5) is 0. The lowest BCUT2D eigenvalue weighted by molar-refractivity contribution is 0.146. The van der Waals surface area contributed by atoms with E-state index in [1.165, 1.54) is 5.56 Å². The Hall–Kier alpha value is -0.650. The van der Waals surface area contributed by atoms with E-state index in [0.717, 1.165) is 36.3 Å². The van der Waals surface area contributed by atoms with Crippen molar-refractivity contribution in [2.24, 2.45) is 0 Å². The molecule has 1 aromatic carbocycles. The van der Waals surface area contributed by atoms with Crippen molar-refractivity contribution in [1.82, 2.24) is 5.32 Å². The SMILES string of the molecule is CCOCCCNC(=S)Nc1cc(C)cc(Br)c1. The minimum absolute atomic E-state index is 0.643. The van der Waals surface area contributed by atoms with Gasteiger partial charge in [0.1, 0.15) is 0 Å². The first kappa shape index (κ1) is 15.4. The van der Waals surface area contributed by atoms with Gasteiger partial charge in [0.25, 0.3) is 0 Å². The minimum Gasteiger partial charge on any atom is -0.382 e. The van der Waals surface area contributed by atoms with E-state index in [4.69, 9.17) is 17.0 Å². The summed E-state index contributed by atoms with van der Waals surface area (Å²) in [5.74, 6) is 0. The molecule has 5 heteroatoms. The van der Waals surface area contributed by atoms with E-state index in [2.05, 4.69) is 45.6 Å². The molecule has 1 aromatic rings. The summed E-state index contributed by atoms with van der Waals surface area (Å²) in [6, 6.07) is 6.11. The second kappa shape index (κ2) is 8.45. The third-order valence-electron chi connectivity index (χ3n) is 2.26. The number of ether oxygens (including phenoxy) is 1. The van der Waals surface area contributed by atoms with Crippen LogP contribution < -0.4 is 10.6 Å². The van der Waals surface area contributed by atoms with Gasteiger partial charge >= 0.3 is 0 Å². The molecule has 0 unspecified atom stereocenters. The highest BCUT2D eigenvalue weighted by Gasteiger charge is 1.99. The Kier molecular flexibility index (Phi) is 7.23. The molecule has 3 nitrogen and oxygen atoms in total. The molecule has 0 amide bonds. The van der Waals surface area contributed by atoms with E-state index in [1.807, 2.05) is 13.0 Å². The van der Waals surface area contributed by atoms with Gasteiger partial charge in [-0.25, -0.2) is 0 Å². The number of aryl methyl sites for hydroxylation is 1. The summed E-state index contributed by atoms with van der Waals surface area (Å²) in [6.07, 6.45) is 0.952. The van der Waals surface area contributed by atoms with Crippen LogP contribution in [0.5, 0.6) is 0 Å². The van der Waals surface area contributed by atoms with Crippen molar-refractivity contribution >= 4 is 38.9 Å². The minimum atomic E-state index is 0.643. The molecule has 2 N–H and O–H groups in total. The largest absolute Gasteiger partial charge is 0.382 e. The number of anilines is 1. The van der Waals surface area contributed by atoms with Gasteiger partial charge in [-0.05, 0) is 56.2 Å². The molecular weight excluding hydrogens is 312 g/mol. The Labute approximate surface area is 122 Å². The maximum absolute atomic E-state index is 5.26. The van der Waals surface area contributed by atoms with Crippen LogP contribution >= 0.6 is 28.1 Å². The second-order valence-corrected chi connectivity index (χ2v) is 5.27. The first-order chi connectivity index (χ1) is 8.61. The van der Waals surface area contributed by atoms with E-state index >= 15 is 0 Å². The highest BCUT2D eigenvalue weighted by molar-refractivity contribution is 9.10. The molecule has 0 saturated carbocycles.